The van der Waals surface area contributed by atoms with E-state index in [0.29, 0.717) is 18.5 Å². The van der Waals surface area contributed by atoms with Crippen LogP contribution in [0.1, 0.15) is 61.5 Å². The zero-order chi connectivity index (χ0) is 19.7. The van der Waals surface area contributed by atoms with Crippen LogP contribution in [-0.2, 0) is 9.84 Å². The number of aromatic nitrogens is 1. The summed E-state index contributed by atoms with van der Waals surface area (Å²) < 4.78 is 24.2. The van der Waals surface area contributed by atoms with Gasteiger partial charge in [-0.15, -0.1) is 0 Å². The van der Waals surface area contributed by atoms with E-state index in [1.54, 1.807) is 12.1 Å². The van der Waals surface area contributed by atoms with Gasteiger partial charge in [0.05, 0.1) is 11.3 Å². The van der Waals surface area contributed by atoms with E-state index >= 15 is 0 Å². The molecule has 0 atom stereocenters. The molecule has 0 spiro atoms. The van der Waals surface area contributed by atoms with Crippen LogP contribution >= 0.6 is 11.6 Å². The predicted molar refractivity (Wildman–Crippen MR) is 108 cm³/mol. The Morgan fingerprint density at radius 3 is 2.59 bits per heavy atom. The van der Waals surface area contributed by atoms with Gasteiger partial charge in [0, 0.05) is 18.0 Å². The highest BCUT2D eigenvalue weighted by Gasteiger charge is 2.48. The summed E-state index contributed by atoms with van der Waals surface area (Å²) in [5.74, 6) is 1.32. The Balaban J connectivity index is 1.59. The average molecular weight is 413 g/mol. The van der Waals surface area contributed by atoms with Crippen molar-refractivity contribution >= 4 is 27.3 Å². The number of nitrogens with one attached hydrogen (secondary N) is 1. The summed E-state index contributed by atoms with van der Waals surface area (Å²) in [6.45, 7) is 4.31. The lowest BCUT2D eigenvalue weighted by molar-refractivity contribution is 0.0475. The molecule has 5 nitrogen and oxygen atoms in total. The SMILES string of the molecule is CCCS(=O)(=O)CC1CC(CNC(=O)c2ccc(C)nc2Cl)(CC2CC2)C1. The number of amides is 1. The van der Waals surface area contributed by atoms with Crippen molar-refractivity contribution in [2.24, 2.45) is 17.3 Å². The Morgan fingerprint density at radius 2 is 2.00 bits per heavy atom. The minimum Gasteiger partial charge on any atom is -0.351 e. The van der Waals surface area contributed by atoms with Gasteiger partial charge in [-0.2, -0.15) is 0 Å². The van der Waals surface area contributed by atoms with Crippen molar-refractivity contribution in [1.29, 1.82) is 0 Å². The van der Waals surface area contributed by atoms with E-state index < -0.39 is 9.84 Å². The number of aryl methyl sites for hydroxylation is 1. The van der Waals surface area contributed by atoms with Crippen molar-refractivity contribution < 1.29 is 13.2 Å². The maximum atomic E-state index is 12.5. The number of sulfone groups is 1. The molecular weight excluding hydrogens is 384 g/mol. The lowest BCUT2D eigenvalue weighted by atomic mass is 9.60. The highest BCUT2D eigenvalue weighted by Crippen LogP contribution is 2.53. The molecule has 0 bridgehead atoms. The lowest BCUT2D eigenvalue weighted by Gasteiger charge is -2.48. The molecule has 0 aliphatic heterocycles. The number of pyridine rings is 1. The molecule has 2 fully saturated rings. The van der Waals surface area contributed by atoms with E-state index in [9.17, 15) is 13.2 Å². The number of carbonyl (C=O) groups is 1. The van der Waals surface area contributed by atoms with Crippen LogP contribution in [0.5, 0.6) is 0 Å². The standard InChI is InChI=1S/C20H29ClN2O3S/c1-3-8-27(25,26)12-16-10-20(11-16,9-15-5-6-15)13-22-19(24)17-7-4-14(2)23-18(17)21/h4,7,15-16H,3,5-6,8-13H2,1-2H3,(H,22,24). The van der Waals surface area contributed by atoms with Crippen LogP contribution in [0.4, 0.5) is 0 Å². The van der Waals surface area contributed by atoms with E-state index in [1.807, 2.05) is 13.8 Å². The van der Waals surface area contributed by atoms with Crippen LogP contribution in [0.25, 0.3) is 0 Å². The molecule has 3 rings (SSSR count). The Kier molecular flexibility index (Phi) is 6.16. The molecule has 1 N–H and O–H groups in total. The van der Waals surface area contributed by atoms with Crippen LogP contribution < -0.4 is 5.32 Å². The summed E-state index contributed by atoms with van der Waals surface area (Å²) in [7, 11) is -2.95. The highest BCUT2D eigenvalue weighted by molar-refractivity contribution is 7.91. The minimum atomic E-state index is -2.95. The molecule has 1 amide bonds. The molecule has 0 radical (unpaired) electrons. The highest BCUT2D eigenvalue weighted by atomic mass is 35.5. The molecule has 1 aromatic heterocycles. The first-order valence-corrected chi connectivity index (χ1v) is 12.0. The average Bonchev–Trinajstić information content (AvgIpc) is 3.34. The van der Waals surface area contributed by atoms with Gasteiger partial charge in [0.25, 0.3) is 5.91 Å². The minimum absolute atomic E-state index is 0.0355. The molecule has 2 saturated carbocycles. The van der Waals surface area contributed by atoms with Crippen LogP contribution in [0, 0.1) is 24.2 Å². The maximum absolute atomic E-state index is 12.5. The molecule has 2 aliphatic carbocycles. The van der Waals surface area contributed by atoms with Gasteiger partial charge in [-0.25, -0.2) is 13.4 Å². The first-order valence-electron chi connectivity index (χ1n) is 9.84. The van der Waals surface area contributed by atoms with Crippen molar-refractivity contribution in [2.75, 3.05) is 18.1 Å². The number of rotatable bonds is 9. The third-order valence-corrected chi connectivity index (χ3v) is 8.02. The topological polar surface area (TPSA) is 76.1 Å². The number of hydrogen-bond donors (Lipinski definition) is 1. The fourth-order valence-corrected chi connectivity index (χ4v) is 6.44. The zero-order valence-electron chi connectivity index (χ0n) is 16.1. The van der Waals surface area contributed by atoms with Crippen LogP contribution in [0.2, 0.25) is 5.15 Å². The molecule has 1 aromatic rings. The number of hydrogen-bond acceptors (Lipinski definition) is 4. The second kappa shape index (κ2) is 8.08. The third kappa shape index (κ3) is 5.44. The largest absolute Gasteiger partial charge is 0.351 e. The summed E-state index contributed by atoms with van der Waals surface area (Å²) in [5.41, 5.74) is 1.20. The number of carbonyl (C=O) groups excluding carboxylic acids is 1. The monoisotopic (exact) mass is 412 g/mol. The second-order valence-electron chi connectivity index (χ2n) is 8.51. The van der Waals surface area contributed by atoms with Gasteiger partial charge >= 0.3 is 0 Å². The Morgan fingerprint density at radius 1 is 1.30 bits per heavy atom. The van der Waals surface area contributed by atoms with E-state index in [-0.39, 0.29) is 33.9 Å². The fraction of sp³-hybridized carbons (Fsp3) is 0.700. The Labute approximate surface area is 167 Å². The molecule has 7 heteroatoms. The normalized spacial score (nSPS) is 25.1. The van der Waals surface area contributed by atoms with Gasteiger partial charge in [-0.3, -0.25) is 4.79 Å². The summed E-state index contributed by atoms with van der Waals surface area (Å²) in [4.78, 5) is 16.7. The van der Waals surface area contributed by atoms with Crippen LogP contribution in [0.3, 0.4) is 0 Å². The first kappa shape index (κ1) is 20.6. The van der Waals surface area contributed by atoms with Crippen molar-refractivity contribution in [3.63, 3.8) is 0 Å². The Bertz CT molecular complexity index is 799. The van der Waals surface area contributed by atoms with Gasteiger partial charge in [0.15, 0.2) is 9.84 Å². The summed E-state index contributed by atoms with van der Waals surface area (Å²) in [5, 5.41) is 3.25. The van der Waals surface area contributed by atoms with Crippen LogP contribution in [0.15, 0.2) is 12.1 Å². The van der Waals surface area contributed by atoms with Crippen molar-refractivity contribution in [2.45, 2.75) is 52.4 Å². The third-order valence-electron chi connectivity index (χ3n) is 5.72. The lowest BCUT2D eigenvalue weighted by Crippen LogP contribution is -2.48. The quantitative estimate of drug-likeness (QED) is 0.626. The van der Waals surface area contributed by atoms with E-state index in [1.165, 1.54) is 12.8 Å². The van der Waals surface area contributed by atoms with Gasteiger partial charge in [-0.1, -0.05) is 31.4 Å². The predicted octanol–water partition coefficient (Wildman–Crippen LogP) is 3.79. The van der Waals surface area contributed by atoms with Crippen molar-refractivity contribution in [3.8, 4) is 0 Å². The Hall–Kier alpha value is -1.14. The van der Waals surface area contributed by atoms with Crippen molar-refractivity contribution in [3.05, 3.63) is 28.5 Å². The zero-order valence-corrected chi connectivity index (χ0v) is 17.7. The van der Waals surface area contributed by atoms with Crippen LogP contribution in [-0.4, -0.2) is 37.4 Å². The van der Waals surface area contributed by atoms with Gasteiger partial charge in [0.2, 0.25) is 0 Å². The number of halogens is 1. The van der Waals surface area contributed by atoms with E-state index in [4.69, 9.17) is 11.6 Å². The molecule has 1 heterocycles. The van der Waals surface area contributed by atoms with Gasteiger partial charge < -0.3 is 5.32 Å². The van der Waals surface area contributed by atoms with Gasteiger partial charge in [0.1, 0.15) is 5.15 Å². The van der Waals surface area contributed by atoms with Gasteiger partial charge in [-0.05, 0) is 62.0 Å². The molecule has 0 aromatic carbocycles. The summed E-state index contributed by atoms with van der Waals surface area (Å²) in [6, 6.07) is 3.48. The summed E-state index contributed by atoms with van der Waals surface area (Å²) in [6.07, 6.45) is 6.02. The molecule has 150 valence electrons. The molecular formula is C20H29ClN2O3S. The second-order valence-corrected chi connectivity index (χ2v) is 11.1. The number of nitrogens with zero attached hydrogens (tertiary/aromatic N) is 1. The summed E-state index contributed by atoms with van der Waals surface area (Å²) >= 11 is 6.10. The van der Waals surface area contributed by atoms with Crippen molar-refractivity contribution in [1.82, 2.24) is 10.3 Å². The fourth-order valence-electron chi connectivity index (χ4n) is 4.41. The molecule has 2 aliphatic rings. The maximum Gasteiger partial charge on any atom is 0.254 e. The molecule has 0 unspecified atom stereocenters. The molecule has 27 heavy (non-hydrogen) atoms. The van der Waals surface area contributed by atoms with E-state index in [0.717, 1.165) is 30.9 Å². The molecule has 0 saturated heterocycles. The first-order chi connectivity index (χ1) is 12.7. The van der Waals surface area contributed by atoms with E-state index in [2.05, 4.69) is 10.3 Å². The smallest absolute Gasteiger partial charge is 0.254 e.